The summed E-state index contributed by atoms with van der Waals surface area (Å²) in [4.78, 5) is 14.8. The van der Waals surface area contributed by atoms with Crippen molar-refractivity contribution in [1.29, 1.82) is 0 Å². The molecule has 66 valence electrons. The fourth-order valence-electron chi connectivity index (χ4n) is 0.607. The van der Waals surface area contributed by atoms with Gasteiger partial charge in [0.1, 0.15) is 0 Å². The first kappa shape index (κ1) is 8.25. The monoisotopic (exact) mass is 173 g/mol. The Bertz CT molecular complexity index is 273. The van der Waals surface area contributed by atoms with Crippen molar-refractivity contribution < 1.29 is 24.6 Å². The van der Waals surface area contributed by atoms with E-state index in [2.05, 4.69) is 9.57 Å². The summed E-state index contributed by atoms with van der Waals surface area (Å²) in [5, 5.41) is 17.9. The first-order chi connectivity index (χ1) is 5.65. The van der Waals surface area contributed by atoms with Crippen molar-refractivity contribution >= 4 is 6.16 Å². The second-order valence-corrected chi connectivity index (χ2v) is 1.89. The van der Waals surface area contributed by atoms with E-state index in [1.165, 1.54) is 0 Å². The average Bonchev–Trinajstić information content (AvgIpc) is 2.35. The standard InChI is InChI=1S/C6H7NO5/c1-11-6(10)12-7-4(8)2-3-5(7)9/h2-3,8-9H,1H3. The van der Waals surface area contributed by atoms with Gasteiger partial charge < -0.3 is 14.9 Å². The van der Waals surface area contributed by atoms with Crippen LogP contribution >= 0.6 is 0 Å². The molecule has 0 aromatic carbocycles. The zero-order valence-electron chi connectivity index (χ0n) is 6.22. The predicted molar refractivity (Wildman–Crippen MR) is 36.7 cm³/mol. The van der Waals surface area contributed by atoms with Gasteiger partial charge in [-0.2, -0.15) is 0 Å². The summed E-state index contributed by atoms with van der Waals surface area (Å²) in [6, 6.07) is 2.33. The van der Waals surface area contributed by atoms with E-state index in [0.717, 1.165) is 19.2 Å². The van der Waals surface area contributed by atoms with Gasteiger partial charge in [-0.25, -0.2) is 4.79 Å². The first-order valence-electron chi connectivity index (χ1n) is 3.01. The molecule has 2 N–H and O–H groups in total. The lowest BCUT2D eigenvalue weighted by molar-refractivity contribution is 0.0496. The minimum atomic E-state index is -1.03. The third-order valence-electron chi connectivity index (χ3n) is 1.13. The molecule has 0 aliphatic rings. The zero-order chi connectivity index (χ0) is 9.14. The van der Waals surface area contributed by atoms with Crippen LogP contribution in [0.2, 0.25) is 0 Å². The van der Waals surface area contributed by atoms with Gasteiger partial charge in [0.05, 0.1) is 7.11 Å². The molecule has 0 aliphatic carbocycles. The van der Waals surface area contributed by atoms with E-state index in [4.69, 9.17) is 10.2 Å². The molecule has 0 saturated carbocycles. The largest absolute Gasteiger partial charge is 0.533 e. The molecular weight excluding hydrogens is 166 g/mol. The molecular formula is C6H7NO5. The highest BCUT2D eigenvalue weighted by molar-refractivity contribution is 5.60. The van der Waals surface area contributed by atoms with Gasteiger partial charge in [-0.05, 0) is 0 Å². The van der Waals surface area contributed by atoms with E-state index in [9.17, 15) is 4.79 Å². The molecule has 1 aromatic rings. The van der Waals surface area contributed by atoms with E-state index in [-0.39, 0.29) is 0 Å². The van der Waals surface area contributed by atoms with Gasteiger partial charge >= 0.3 is 6.16 Å². The number of carbonyl (C=O) groups excluding carboxylic acids is 1. The Morgan fingerprint density at radius 1 is 1.42 bits per heavy atom. The summed E-state index contributed by atoms with van der Waals surface area (Å²) in [6.45, 7) is 0. The Balaban J connectivity index is 2.80. The Morgan fingerprint density at radius 3 is 2.33 bits per heavy atom. The number of aromatic hydroxyl groups is 2. The van der Waals surface area contributed by atoms with E-state index in [1.807, 2.05) is 0 Å². The second kappa shape index (κ2) is 3.04. The van der Waals surface area contributed by atoms with Crippen LogP contribution in [0.4, 0.5) is 4.79 Å². The maximum atomic E-state index is 10.5. The molecule has 1 rings (SSSR count). The van der Waals surface area contributed by atoms with Crippen molar-refractivity contribution in [3.05, 3.63) is 12.1 Å². The summed E-state index contributed by atoms with van der Waals surface area (Å²) < 4.78 is 4.66. The number of nitrogens with zero attached hydrogens (tertiary/aromatic N) is 1. The van der Waals surface area contributed by atoms with Crippen molar-refractivity contribution in [2.24, 2.45) is 0 Å². The van der Waals surface area contributed by atoms with Crippen molar-refractivity contribution in [1.82, 2.24) is 4.73 Å². The number of aromatic nitrogens is 1. The van der Waals surface area contributed by atoms with Gasteiger partial charge in [0.25, 0.3) is 0 Å². The van der Waals surface area contributed by atoms with Crippen LogP contribution in [-0.4, -0.2) is 28.2 Å². The number of methoxy groups -OCH3 is 1. The highest BCUT2D eigenvalue weighted by Crippen LogP contribution is 2.18. The molecule has 1 heterocycles. The third kappa shape index (κ3) is 1.42. The predicted octanol–water partition coefficient (Wildman–Crippen LogP) is 0.0943. The molecule has 0 unspecified atom stereocenters. The van der Waals surface area contributed by atoms with Crippen molar-refractivity contribution in [2.75, 3.05) is 7.11 Å². The zero-order valence-corrected chi connectivity index (χ0v) is 6.22. The van der Waals surface area contributed by atoms with Crippen LogP contribution in [0.1, 0.15) is 0 Å². The van der Waals surface area contributed by atoms with Gasteiger partial charge in [-0.1, -0.05) is 0 Å². The van der Waals surface area contributed by atoms with E-state index in [1.54, 1.807) is 0 Å². The average molecular weight is 173 g/mol. The van der Waals surface area contributed by atoms with Crippen molar-refractivity contribution in [3.63, 3.8) is 0 Å². The second-order valence-electron chi connectivity index (χ2n) is 1.89. The lowest BCUT2D eigenvalue weighted by atomic mass is 10.6. The molecule has 0 atom stereocenters. The number of ether oxygens (including phenoxy) is 1. The quantitative estimate of drug-likeness (QED) is 0.588. The molecule has 6 nitrogen and oxygen atoms in total. The van der Waals surface area contributed by atoms with Crippen LogP contribution in [0.5, 0.6) is 11.8 Å². The van der Waals surface area contributed by atoms with Crippen LogP contribution in [0, 0.1) is 0 Å². The van der Waals surface area contributed by atoms with Crippen LogP contribution < -0.4 is 4.84 Å². The summed E-state index contributed by atoms with van der Waals surface area (Å²) >= 11 is 0. The molecule has 0 amide bonds. The molecule has 12 heavy (non-hydrogen) atoms. The minimum Gasteiger partial charge on any atom is -0.492 e. The molecule has 0 bridgehead atoms. The molecule has 0 spiro atoms. The lowest BCUT2D eigenvalue weighted by Crippen LogP contribution is -2.18. The number of hydrogen-bond acceptors (Lipinski definition) is 5. The normalized spacial score (nSPS) is 9.42. The molecule has 1 aromatic heterocycles. The van der Waals surface area contributed by atoms with Gasteiger partial charge in [-0.15, -0.1) is 4.73 Å². The Kier molecular flexibility index (Phi) is 2.09. The Morgan fingerprint density at radius 2 is 1.92 bits per heavy atom. The van der Waals surface area contributed by atoms with Gasteiger partial charge in [0.2, 0.25) is 11.8 Å². The summed E-state index contributed by atoms with van der Waals surface area (Å²) in [7, 11) is 1.11. The van der Waals surface area contributed by atoms with Crippen LogP contribution in [0.15, 0.2) is 12.1 Å². The lowest BCUT2D eigenvalue weighted by Gasteiger charge is -2.03. The summed E-state index contributed by atoms with van der Waals surface area (Å²) in [5.41, 5.74) is 0. The Hall–Kier alpha value is -1.85. The summed E-state index contributed by atoms with van der Waals surface area (Å²) in [5.74, 6) is -0.782. The fourth-order valence-corrected chi connectivity index (χ4v) is 0.607. The van der Waals surface area contributed by atoms with E-state index < -0.39 is 17.9 Å². The highest BCUT2D eigenvalue weighted by Gasteiger charge is 2.11. The van der Waals surface area contributed by atoms with Crippen LogP contribution in [-0.2, 0) is 4.74 Å². The highest BCUT2D eigenvalue weighted by atomic mass is 16.8. The maximum Gasteiger partial charge on any atom is 0.533 e. The number of hydrogen-bond donors (Lipinski definition) is 2. The first-order valence-corrected chi connectivity index (χ1v) is 3.01. The van der Waals surface area contributed by atoms with Gasteiger partial charge in [0, 0.05) is 12.1 Å². The smallest absolute Gasteiger partial charge is 0.492 e. The minimum absolute atomic E-state index is 0.391. The molecule has 0 saturated heterocycles. The van der Waals surface area contributed by atoms with Gasteiger partial charge in [0.15, 0.2) is 0 Å². The van der Waals surface area contributed by atoms with Gasteiger partial charge in [-0.3, -0.25) is 4.84 Å². The SMILES string of the molecule is COC(=O)On1c(O)ccc1O. The van der Waals surface area contributed by atoms with Crippen LogP contribution in [0.25, 0.3) is 0 Å². The van der Waals surface area contributed by atoms with Crippen LogP contribution in [0.3, 0.4) is 0 Å². The summed E-state index contributed by atoms with van der Waals surface area (Å²) in [6.07, 6.45) is -1.03. The molecule has 0 fully saturated rings. The number of rotatable bonds is 1. The topological polar surface area (TPSA) is 80.9 Å². The fraction of sp³-hybridized carbons (Fsp3) is 0.167. The maximum absolute atomic E-state index is 10.5. The third-order valence-corrected chi connectivity index (χ3v) is 1.13. The van der Waals surface area contributed by atoms with Crippen molar-refractivity contribution in [2.45, 2.75) is 0 Å². The Labute approximate surface area is 67.5 Å². The van der Waals surface area contributed by atoms with Crippen molar-refractivity contribution in [3.8, 4) is 11.8 Å². The van der Waals surface area contributed by atoms with E-state index in [0.29, 0.717) is 4.73 Å². The van der Waals surface area contributed by atoms with E-state index >= 15 is 0 Å². The molecule has 6 heteroatoms. The molecule has 0 radical (unpaired) electrons. The molecule has 0 aliphatic heterocycles. The number of carbonyl (C=O) groups is 1.